The molecule has 0 aromatic heterocycles. The van der Waals surface area contributed by atoms with Gasteiger partial charge in [-0.1, -0.05) is 5.92 Å². The molecule has 0 aliphatic heterocycles. The molecule has 0 atom stereocenters. The van der Waals surface area contributed by atoms with E-state index in [4.69, 9.17) is 11.2 Å². The van der Waals surface area contributed by atoms with Crippen molar-refractivity contribution in [2.75, 3.05) is 6.61 Å². The summed E-state index contributed by atoms with van der Waals surface area (Å²) in [7, 11) is 0. The van der Waals surface area contributed by atoms with E-state index in [9.17, 15) is 13.2 Å². The maximum Gasteiger partial charge on any atom is 0.416 e. The summed E-state index contributed by atoms with van der Waals surface area (Å²) < 4.78 is 42.0. The summed E-state index contributed by atoms with van der Waals surface area (Å²) in [6.45, 7) is 2.10. The predicted octanol–water partition coefficient (Wildman–Crippen LogP) is 3.09. The van der Waals surface area contributed by atoms with Crippen LogP contribution in [0.5, 0.6) is 5.75 Å². The summed E-state index contributed by atoms with van der Waals surface area (Å²) in [5, 5.41) is 0. The Labute approximate surface area is 85.9 Å². The number of alkyl halides is 3. The fourth-order valence-electron chi connectivity index (χ4n) is 1.10. The first-order chi connectivity index (χ1) is 6.99. The quantitative estimate of drug-likeness (QED) is 0.687. The maximum absolute atomic E-state index is 12.3. The van der Waals surface area contributed by atoms with Crippen molar-refractivity contribution in [3.63, 3.8) is 0 Å². The third-order valence-electron chi connectivity index (χ3n) is 1.76. The molecule has 0 saturated heterocycles. The molecule has 0 bridgehead atoms. The van der Waals surface area contributed by atoms with Crippen LogP contribution in [0.2, 0.25) is 0 Å². The first-order valence-corrected chi connectivity index (χ1v) is 4.29. The number of halogens is 3. The van der Waals surface area contributed by atoms with E-state index < -0.39 is 11.7 Å². The molecular weight excluding hydrogens is 205 g/mol. The van der Waals surface area contributed by atoms with Gasteiger partial charge in [-0.3, -0.25) is 0 Å². The molecule has 0 heterocycles. The first kappa shape index (κ1) is 11.4. The van der Waals surface area contributed by atoms with Gasteiger partial charge in [0.2, 0.25) is 0 Å². The molecule has 1 aromatic carbocycles. The number of hydrogen-bond acceptors (Lipinski definition) is 1. The van der Waals surface area contributed by atoms with E-state index in [2.05, 4.69) is 5.92 Å². The second-order valence-electron chi connectivity index (χ2n) is 2.79. The topological polar surface area (TPSA) is 9.23 Å². The summed E-state index contributed by atoms with van der Waals surface area (Å²) in [6.07, 6.45) is 0.717. The van der Waals surface area contributed by atoms with Gasteiger partial charge in [0, 0.05) is 0 Å². The van der Waals surface area contributed by atoms with Gasteiger partial charge in [-0.25, -0.2) is 0 Å². The summed E-state index contributed by atoms with van der Waals surface area (Å²) >= 11 is 0. The number of ether oxygens (including phenoxy) is 1. The van der Waals surface area contributed by atoms with Crippen LogP contribution in [0.4, 0.5) is 13.2 Å². The molecule has 0 spiro atoms. The maximum atomic E-state index is 12.3. The molecule has 80 valence electrons. The van der Waals surface area contributed by atoms with Crippen LogP contribution in [0.3, 0.4) is 0 Å². The average Bonchev–Trinajstić information content (AvgIpc) is 2.17. The zero-order chi connectivity index (χ0) is 11.5. The predicted molar refractivity (Wildman–Crippen MR) is 50.5 cm³/mol. The molecule has 15 heavy (non-hydrogen) atoms. The molecule has 0 aliphatic rings. The van der Waals surface area contributed by atoms with Crippen molar-refractivity contribution in [1.82, 2.24) is 0 Å². The average molecular weight is 214 g/mol. The molecule has 0 N–H and O–H groups in total. The van der Waals surface area contributed by atoms with Crippen molar-refractivity contribution < 1.29 is 17.9 Å². The monoisotopic (exact) mass is 214 g/mol. The Morgan fingerprint density at radius 3 is 2.53 bits per heavy atom. The third kappa shape index (κ3) is 2.66. The van der Waals surface area contributed by atoms with E-state index >= 15 is 0 Å². The molecule has 4 heteroatoms. The zero-order valence-electron chi connectivity index (χ0n) is 8.06. The van der Waals surface area contributed by atoms with Gasteiger partial charge in [-0.2, -0.15) is 13.2 Å². The van der Waals surface area contributed by atoms with Crippen LogP contribution in [-0.2, 0) is 6.18 Å². The number of hydrogen-bond donors (Lipinski definition) is 0. The van der Waals surface area contributed by atoms with Crippen molar-refractivity contribution in [3.05, 3.63) is 29.3 Å². The van der Waals surface area contributed by atoms with Crippen LogP contribution in [0.1, 0.15) is 18.1 Å². The molecule has 1 nitrogen and oxygen atoms in total. The Hall–Kier alpha value is -1.63. The van der Waals surface area contributed by atoms with E-state index in [-0.39, 0.29) is 5.56 Å². The molecular formula is C11H9F3O. The first-order valence-electron chi connectivity index (χ1n) is 4.29. The van der Waals surface area contributed by atoms with Crippen molar-refractivity contribution in [3.8, 4) is 18.1 Å². The highest BCUT2D eigenvalue weighted by atomic mass is 19.4. The fourth-order valence-corrected chi connectivity index (χ4v) is 1.10. The normalized spacial score (nSPS) is 10.9. The summed E-state index contributed by atoms with van der Waals surface area (Å²) in [5.41, 5.74) is -0.648. The van der Waals surface area contributed by atoms with E-state index in [1.54, 1.807) is 6.92 Å². The van der Waals surface area contributed by atoms with E-state index in [1.807, 2.05) is 0 Å². The van der Waals surface area contributed by atoms with Crippen LogP contribution in [0.15, 0.2) is 18.2 Å². The number of rotatable bonds is 2. The molecule has 1 rings (SSSR count). The van der Waals surface area contributed by atoms with Gasteiger partial charge in [-0.15, -0.1) is 6.42 Å². The highest BCUT2D eigenvalue weighted by molar-refractivity contribution is 5.47. The molecule has 0 amide bonds. The van der Waals surface area contributed by atoms with Crippen molar-refractivity contribution >= 4 is 0 Å². The number of terminal acetylenes is 1. The lowest BCUT2D eigenvalue weighted by Crippen LogP contribution is -2.06. The van der Waals surface area contributed by atoms with E-state index in [0.717, 1.165) is 12.1 Å². The minimum atomic E-state index is -4.38. The minimum Gasteiger partial charge on any atom is -0.493 e. The molecule has 0 radical (unpaired) electrons. The highest BCUT2D eigenvalue weighted by Crippen LogP contribution is 2.32. The van der Waals surface area contributed by atoms with Gasteiger partial charge in [-0.05, 0) is 25.1 Å². The summed E-state index contributed by atoms with van der Waals surface area (Å²) in [5.74, 6) is 2.47. The molecule has 0 aliphatic carbocycles. The summed E-state index contributed by atoms with van der Waals surface area (Å²) in [4.78, 5) is 0. The van der Waals surface area contributed by atoms with Crippen molar-refractivity contribution in [2.45, 2.75) is 13.1 Å². The lowest BCUT2D eigenvalue weighted by Gasteiger charge is -2.10. The van der Waals surface area contributed by atoms with Crippen LogP contribution in [-0.4, -0.2) is 6.61 Å². The van der Waals surface area contributed by atoms with Crippen LogP contribution < -0.4 is 4.74 Å². The SMILES string of the molecule is C#Cc1cc(C(F)(F)F)ccc1OCC. The Kier molecular flexibility index (Phi) is 3.25. The van der Waals surface area contributed by atoms with Gasteiger partial charge in [0.15, 0.2) is 0 Å². The second kappa shape index (κ2) is 4.26. The van der Waals surface area contributed by atoms with Crippen LogP contribution >= 0.6 is 0 Å². The summed E-state index contributed by atoms with van der Waals surface area (Å²) in [6, 6.07) is 3.10. The van der Waals surface area contributed by atoms with Crippen molar-refractivity contribution in [1.29, 1.82) is 0 Å². The van der Waals surface area contributed by atoms with Crippen molar-refractivity contribution in [2.24, 2.45) is 0 Å². The largest absolute Gasteiger partial charge is 0.493 e. The fraction of sp³-hybridized carbons (Fsp3) is 0.273. The molecule has 1 aromatic rings. The lowest BCUT2D eigenvalue weighted by atomic mass is 10.1. The smallest absolute Gasteiger partial charge is 0.416 e. The third-order valence-corrected chi connectivity index (χ3v) is 1.76. The number of benzene rings is 1. The standard InChI is InChI=1S/C11H9F3O/c1-3-8-7-9(11(12,13)14)5-6-10(8)15-4-2/h1,5-7H,4H2,2H3. The Morgan fingerprint density at radius 1 is 1.40 bits per heavy atom. The van der Waals surface area contributed by atoms with Gasteiger partial charge < -0.3 is 4.74 Å². The van der Waals surface area contributed by atoms with Gasteiger partial charge in [0.05, 0.1) is 17.7 Å². The van der Waals surface area contributed by atoms with Gasteiger partial charge >= 0.3 is 6.18 Å². The van der Waals surface area contributed by atoms with Crippen LogP contribution in [0.25, 0.3) is 0 Å². The lowest BCUT2D eigenvalue weighted by molar-refractivity contribution is -0.137. The van der Waals surface area contributed by atoms with Crippen LogP contribution in [0, 0.1) is 12.3 Å². The van der Waals surface area contributed by atoms with Gasteiger partial charge in [0.25, 0.3) is 0 Å². The van der Waals surface area contributed by atoms with E-state index in [0.29, 0.717) is 12.4 Å². The molecule has 0 fully saturated rings. The Bertz CT molecular complexity index is 388. The Balaban J connectivity index is 3.15. The highest BCUT2D eigenvalue weighted by Gasteiger charge is 2.30. The second-order valence-corrected chi connectivity index (χ2v) is 2.79. The Morgan fingerprint density at radius 2 is 2.07 bits per heavy atom. The van der Waals surface area contributed by atoms with E-state index in [1.165, 1.54) is 6.07 Å². The zero-order valence-corrected chi connectivity index (χ0v) is 8.06. The molecule has 0 unspecified atom stereocenters. The minimum absolute atomic E-state index is 0.117. The molecule has 0 saturated carbocycles. The van der Waals surface area contributed by atoms with Gasteiger partial charge in [0.1, 0.15) is 5.75 Å².